The molecular weight excluding hydrogens is 575 g/mol. The van der Waals surface area contributed by atoms with E-state index in [0.717, 1.165) is 43.0 Å². The fraction of sp³-hybridized carbons (Fsp3) is 0.364. The second kappa shape index (κ2) is 11.1. The number of ether oxygens (including phenoxy) is 1. The van der Waals surface area contributed by atoms with Gasteiger partial charge in [0, 0.05) is 31.6 Å². The van der Waals surface area contributed by atoms with Crippen molar-refractivity contribution in [2.45, 2.75) is 38.0 Å². The highest BCUT2D eigenvalue weighted by Crippen LogP contribution is 2.40. The van der Waals surface area contributed by atoms with Gasteiger partial charge in [0.05, 0.1) is 34.2 Å². The summed E-state index contributed by atoms with van der Waals surface area (Å²) in [5.41, 5.74) is 4.24. The Kier molecular flexibility index (Phi) is 7.66. The first-order valence-electron chi connectivity index (χ1n) is 14.3. The van der Waals surface area contributed by atoms with Gasteiger partial charge in [-0.15, -0.1) is 0 Å². The number of nitrogens with zero attached hydrogens (tertiary/aromatic N) is 2. The molecule has 0 saturated carbocycles. The second-order valence-electron chi connectivity index (χ2n) is 12.0. The molecule has 3 aliphatic rings. The zero-order valence-corrected chi connectivity index (χ0v) is 25.3. The van der Waals surface area contributed by atoms with Crippen molar-refractivity contribution < 1.29 is 22.3 Å². The molecule has 42 heavy (non-hydrogen) atoms. The average molecular weight is 609 g/mol. The number of rotatable bonds is 7. The van der Waals surface area contributed by atoms with Crippen LogP contribution in [0.1, 0.15) is 42.0 Å². The Hall–Kier alpha value is -3.20. The maximum atomic E-state index is 14.6. The number of hydrogen-bond acceptors (Lipinski definition) is 4. The number of benzene rings is 3. The third-order valence-electron chi connectivity index (χ3n) is 8.62. The Bertz CT molecular complexity index is 1660. The first-order chi connectivity index (χ1) is 20.0. The van der Waals surface area contributed by atoms with Gasteiger partial charge in [-0.1, -0.05) is 48.0 Å². The second-order valence-corrected chi connectivity index (χ2v) is 14.3. The van der Waals surface area contributed by atoms with E-state index in [1.807, 2.05) is 42.2 Å². The zero-order chi connectivity index (χ0) is 29.6. The van der Waals surface area contributed by atoms with E-state index in [9.17, 15) is 17.6 Å². The van der Waals surface area contributed by atoms with E-state index in [1.54, 1.807) is 37.3 Å². The molecule has 0 bridgehead atoms. The third-order valence-corrected chi connectivity index (χ3v) is 10.7. The monoisotopic (exact) mass is 608 g/mol. The number of allylic oxidation sites excluding steroid dienone is 1. The smallest absolute Gasteiger partial charge is 0.264 e. The number of amides is 1. The van der Waals surface area contributed by atoms with Crippen LogP contribution in [-0.4, -0.2) is 52.1 Å². The van der Waals surface area contributed by atoms with Gasteiger partial charge in [-0.3, -0.25) is 9.10 Å². The van der Waals surface area contributed by atoms with Gasteiger partial charge in [-0.05, 0) is 85.2 Å². The summed E-state index contributed by atoms with van der Waals surface area (Å²) in [6.07, 6.45) is 3.48. The third kappa shape index (κ3) is 5.48. The van der Waals surface area contributed by atoms with Gasteiger partial charge >= 0.3 is 0 Å². The van der Waals surface area contributed by atoms with Crippen LogP contribution < -0.4 is 4.31 Å². The highest BCUT2D eigenvalue weighted by molar-refractivity contribution is 7.92. The molecule has 220 valence electrons. The lowest BCUT2D eigenvalue weighted by atomic mass is 9.77. The summed E-state index contributed by atoms with van der Waals surface area (Å²) in [5, 5.41) is 0.317. The summed E-state index contributed by atoms with van der Waals surface area (Å²) < 4.78 is 49.5. The molecule has 1 amide bonds. The predicted octanol–water partition coefficient (Wildman–Crippen LogP) is 6.35. The highest BCUT2D eigenvalue weighted by Gasteiger charge is 2.50. The molecule has 0 aromatic heterocycles. The number of carbonyl (C=O) groups is 1. The van der Waals surface area contributed by atoms with Gasteiger partial charge < -0.3 is 9.64 Å². The molecule has 0 N–H and O–H groups in total. The quantitative estimate of drug-likeness (QED) is 0.293. The van der Waals surface area contributed by atoms with Gasteiger partial charge in [0.25, 0.3) is 10.0 Å². The van der Waals surface area contributed by atoms with Crippen LogP contribution in [0.25, 0.3) is 11.6 Å². The van der Waals surface area contributed by atoms with Crippen LogP contribution in [0.4, 0.5) is 10.1 Å². The van der Waals surface area contributed by atoms with Crippen LogP contribution >= 0.6 is 11.6 Å². The van der Waals surface area contributed by atoms with Gasteiger partial charge in [0.2, 0.25) is 5.91 Å². The maximum absolute atomic E-state index is 14.6. The molecule has 1 spiro atoms. The minimum Gasteiger partial charge on any atom is -0.380 e. The van der Waals surface area contributed by atoms with Crippen molar-refractivity contribution in [3.63, 3.8) is 0 Å². The summed E-state index contributed by atoms with van der Waals surface area (Å²) in [5.74, 6) is -0.303. The van der Waals surface area contributed by atoms with Gasteiger partial charge in [-0.2, -0.15) is 0 Å². The molecule has 3 heterocycles. The Labute approximate surface area is 251 Å². The molecule has 3 aromatic rings. The minimum absolute atomic E-state index is 0.0105. The lowest BCUT2D eigenvalue weighted by Crippen LogP contribution is -2.67. The molecule has 2 saturated heterocycles. The molecular formula is C33H34ClFN2O4S. The fourth-order valence-corrected chi connectivity index (χ4v) is 8.29. The maximum Gasteiger partial charge on any atom is 0.264 e. The Morgan fingerprint density at radius 3 is 2.57 bits per heavy atom. The van der Waals surface area contributed by atoms with Gasteiger partial charge in [0.15, 0.2) is 0 Å². The zero-order valence-electron chi connectivity index (χ0n) is 23.8. The molecule has 0 unspecified atom stereocenters. The predicted molar refractivity (Wildman–Crippen MR) is 163 cm³/mol. The summed E-state index contributed by atoms with van der Waals surface area (Å²) in [6.45, 7) is 6.89. The molecule has 3 aliphatic heterocycles. The van der Waals surface area contributed by atoms with E-state index in [4.69, 9.17) is 16.3 Å². The van der Waals surface area contributed by atoms with Crippen molar-refractivity contribution in [1.82, 2.24) is 4.90 Å². The molecule has 0 radical (unpaired) electrons. The molecule has 0 aliphatic carbocycles. The van der Waals surface area contributed by atoms with Crippen LogP contribution in [-0.2, 0) is 26.0 Å². The number of anilines is 1. The highest BCUT2D eigenvalue weighted by atomic mass is 35.5. The minimum atomic E-state index is -3.88. The van der Waals surface area contributed by atoms with Gasteiger partial charge in [0.1, 0.15) is 5.82 Å². The van der Waals surface area contributed by atoms with E-state index < -0.39 is 15.8 Å². The van der Waals surface area contributed by atoms with Crippen LogP contribution in [0.3, 0.4) is 0 Å². The standard InChI is InChI=1S/C33H34ClFN2O4S/c1-22-5-3-6-27(13-22)42(39,40)37-17-25(10-12-31(38)36-18-33(19-36)20-41-21-33)15-26-11-9-24(16-30(26)37)14-23(2)32-28(34)7-4-8-29(32)35/h3-9,11,13-14,16,25H,10,12,15,17-21H2,1-2H3/b23-14+/t25-/m1/s1. The molecule has 9 heteroatoms. The summed E-state index contributed by atoms with van der Waals surface area (Å²) in [4.78, 5) is 15.0. The van der Waals surface area contributed by atoms with E-state index in [2.05, 4.69) is 0 Å². The van der Waals surface area contributed by atoms with E-state index in [1.165, 1.54) is 10.4 Å². The number of fused-ring (bicyclic) bond motifs is 1. The van der Waals surface area contributed by atoms with Crippen molar-refractivity contribution in [3.05, 3.63) is 93.8 Å². The first kappa shape index (κ1) is 28.9. The molecule has 3 aromatic carbocycles. The van der Waals surface area contributed by atoms with Crippen molar-refractivity contribution in [3.8, 4) is 0 Å². The van der Waals surface area contributed by atoms with Crippen LogP contribution in [0.5, 0.6) is 0 Å². The largest absolute Gasteiger partial charge is 0.380 e. The normalized spacial score (nSPS) is 19.7. The fourth-order valence-electron chi connectivity index (χ4n) is 6.30. The Morgan fingerprint density at radius 2 is 1.88 bits per heavy atom. The van der Waals surface area contributed by atoms with E-state index >= 15 is 0 Å². The number of aryl methyl sites for hydroxylation is 1. The Balaban J connectivity index is 1.29. The van der Waals surface area contributed by atoms with Crippen LogP contribution in [0, 0.1) is 24.1 Å². The van der Waals surface area contributed by atoms with Gasteiger partial charge in [-0.25, -0.2) is 12.8 Å². The van der Waals surface area contributed by atoms with Crippen molar-refractivity contribution >= 4 is 44.9 Å². The van der Waals surface area contributed by atoms with E-state index in [-0.39, 0.29) is 28.7 Å². The van der Waals surface area contributed by atoms with Crippen molar-refractivity contribution in [1.29, 1.82) is 0 Å². The molecule has 1 atom stereocenters. The van der Waals surface area contributed by atoms with Crippen LogP contribution in [0.2, 0.25) is 5.02 Å². The Morgan fingerprint density at radius 1 is 1.12 bits per heavy atom. The lowest BCUT2D eigenvalue weighted by molar-refractivity contribution is -0.195. The summed E-state index contributed by atoms with van der Waals surface area (Å²) in [6, 6.07) is 17.2. The lowest BCUT2D eigenvalue weighted by Gasteiger charge is -2.55. The first-order valence-corrected chi connectivity index (χ1v) is 16.1. The number of halogens is 2. The van der Waals surface area contributed by atoms with Crippen LogP contribution in [0.15, 0.2) is 65.6 Å². The number of hydrogen-bond donors (Lipinski definition) is 0. The number of likely N-dealkylation sites (tertiary alicyclic amines) is 1. The van der Waals surface area contributed by atoms with Crippen molar-refractivity contribution in [2.24, 2.45) is 11.3 Å². The number of sulfonamides is 1. The molecule has 2 fully saturated rings. The summed E-state index contributed by atoms with van der Waals surface area (Å²) in [7, 11) is -3.88. The molecule has 6 nitrogen and oxygen atoms in total. The molecule has 6 rings (SSSR count). The SMILES string of the molecule is C/C(=C\c1ccc2c(c1)N(S(=O)(=O)c1cccc(C)c1)C[C@H](CCC(=O)N1CC3(COC3)C1)C2)c1c(F)cccc1Cl. The van der Waals surface area contributed by atoms with E-state index in [0.29, 0.717) is 41.1 Å². The summed E-state index contributed by atoms with van der Waals surface area (Å²) >= 11 is 6.29. The topological polar surface area (TPSA) is 66.9 Å². The van der Waals surface area contributed by atoms with Crippen molar-refractivity contribution in [2.75, 3.05) is 37.2 Å². The number of carbonyl (C=O) groups excluding carboxylic acids is 1. The average Bonchev–Trinajstić information content (AvgIpc) is 2.90.